The highest BCUT2D eigenvalue weighted by Crippen LogP contribution is 2.21. The van der Waals surface area contributed by atoms with E-state index in [-0.39, 0.29) is 18.3 Å². The van der Waals surface area contributed by atoms with Crippen molar-refractivity contribution in [2.45, 2.75) is 25.9 Å². The number of aromatic nitrogens is 2. The van der Waals surface area contributed by atoms with Gasteiger partial charge in [-0.1, -0.05) is 48.0 Å². The van der Waals surface area contributed by atoms with E-state index in [2.05, 4.69) is 4.98 Å². The quantitative estimate of drug-likeness (QED) is 0.482. The summed E-state index contributed by atoms with van der Waals surface area (Å²) in [5.74, 6) is 0.324. The van der Waals surface area contributed by atoms with Crippen molar-refractivity contribution in [3.05, 3.63) is 88.7 Å². The van der Waals surface area contributed by atoms with Crippen molar-refractivity contribution in [2.75, 3.05) is 20.3 Å². The molecule has 0 bridgehead atoms. The van der Waals surface area contributed by atoms with E-state index in [1.165, 1.54) is 6.07 Å². The lowest BCUT2D eigenvalue weighted by Gasteiger charge is -2.23. The van der Waals surface area contributed by atoms with Crippen LogP contribution in [0, 0.1) is 5.82 Å². The minimum Gasteiger partial charge on any atom is -0.383 e. The average Bonchev–Trinajstić information content (AvgIpc) is 3.19. The van der Waals surface area contributed by atoms with Crippen LogP contribution >= 0.6 is 11.6 Å². The molecule has 0 N–H and O–H groups in total. The molecule has 0 saturated heterocycles. The first-order valence-corrected chi connectivity index (χ1v) is 10.2. The average molecular weight is 430 g/mol. The number of rotatable bonds is 10. The van der Waals surface area contributed by atoms with E-state index < -0.39 is 0 Å². The van der Waals surface area contributed by atoms with Crippen molar-refractivity contribution in [1.29, 1.82) is 0 Å². The van der Waals surface area contributed by atoms with Crippen LogP contribution in [0.5, 0.6) is 0 Å². The zero-order valence-corrected chi connectivity index (χ0v) is 17.7. The molecule has 0 aliphatic heterocycles. The Hall–Kier alpha value is -2.70. The third-order valence-electron chi connectivity index (χ3n) is 4.91. The fourth-order valence-corrected chi connectivity index (χ4v) is 3.43. The van der Waals surface area contributed by atoms with Gasteiger partial charge in [0.1, 0.15) is 11.6 Å². The second-order valence-electron chi connectivity index (χ2n) is 6.97. The van der Waals surface area contributed by atoms with Gasteiger partial charge in [-0.2, -0.15) is 0 Å². The molecule has 0 saturated carbocycles. The maximum Gasteiger partial charge on any atom is 0.223 e. The first-order valence-electron chi connectivity index (χ1n) is 9.82. The molecule has 0 unspecified atom stereocenters. The van der Waals surface area contributed by atoms with Crippen LogP contribution in [0.2, 0.25) is 5.02 Å². The molecule has 0 aliphatic rings. The second-order valence-corrected chi connectivity index (χ2v) is 7.37. The van der Waals surface area contributed by atoms with Crippen molar-refractivity contribution >= 4 is 17.5 Å². The highest BCUT2D eigenvalue weighted by atomic mass is 35.5. The summed E-state index contributed by atoms with van der Waals surface area (Å²) >= 11 is 6.17. The number of benzene rings is 2. The summed E-state index contributed by atoms with van der Waals surface area (Å²) in [6, 6.07) is 14.5. The first kappa shape index (κ1) is 22.0. The van der Waals surface area contributed by atoms with E-state index in [0.717, 1.165) is 5.56 Å². The number of amides is 1. The number of hydrogen-bond donors (Lipinski definition) is 0. The Balaban J connectivity index is 1.70. The van der Waals surface area contributed by atoms with E-state index in [0.29, 0.717) is 48.9 Å². The summed E-state index contributed by atoms with van der Waals surface area (Å²) in [5, 5.41) is 0.366. The Bertz CT molecular complexity index is 942. The van der Waals surface area contributed by atoms with Crippen LogP contribution in [0.1, 0.15) is 23.4 Å². The number of methoxy groups -OCH3 is 1. The molecule has 7 heteroatoms. The van der Waals surface area contributed by atoms with Crippen LogP contribution in [0.15, 0.2) is 60.9 Å². The Kier molecular flexibility index (Phi) is 7.99. The zero-order chi connectivity index (χ0) is 21.3. The van der Waals surface area contributed by atoms with E-state index in [9.17, 15) is 9.18 Å². The molecule has 0 radical (unpaired) electrons. The van der Waals surface area contributed by atoms with Crippen molar-refractivity contribution in [3.8, 4) is 0 Å². The maximum absolute atomic E-state index is 14.2. The summed E-state index contributed by atoms with van der Waals surface area (Å²) in [7, 11) is 1.60. The number of halogens is 2. The molecule has 0 atom stereocenters. The summed E-state index contributed by atoms with van der Waals surface area (Å²) in [4.78, 5) is 19.0. The van der Waals surface area contributed by atoms with Crippen LogP contribution in [0.4, 0.5) is 4.39 Å². The Labute approximate surface area is 181 Å². The SMILES string of the molecule is COCCN(Cc1nccn1Cc1c(F)cccc1Cl)C(=O)CCc1ccccc1. The molecule has 2 aromatic carbocycles. The normalized spacial score (nSPS) is 10.9. The largest absolute Gasteiger partial charge is 0.383 e. The standard InChI is InChI=1S/C23H25ClFN3O2/c1-30-15-14-28(23(29)11-10-18-6-3-2-4-7-18)17-22-26-12-13-27(22)16-19-20(24)8-5-9-21(19)25/h2-9,12-13H,10-11,14-17H2,1H3. The van der Waals surface area contributed by atoms with Crippen LogP contribution in [-0.2, 0) is 29.0 Å². The van der Waals surface area contributed by atoms with Gasteiger partial charge in [0.25, 0.3) is 0 Å². The smallest absolute Gasteiger partial charge is 0.223 e. The molecule has 1 aromatic heterocycles. The molecule has 158 valence electrons. The molecule has 3 aromatic rings. The molecule has 1 heterocycles. The van der Waals surface area contributed by atoms with Gasteiger partial charge in [-0.05, 0) is 24.1 Å². The van der Waals surface area contributed by atoms with Gasteiger partial charge in [0, 0.05) is 43.1 Å². The third kappa shape index (κ3) is 5.90. The molecule has 0 spiro atoms. The lowest BCUT2D eigenvalue weighted by atomic mass is 10.1. The highest BCUT2D eigenvalue weighted by Gasteiger charge is 2.18. The van der Waals surface area contributed by atoms with Gasteiger partial charge in [0.15, 0.2) is 0 Å². The van der Waals surface area contributed by atoms with Gasteiger partial charge in [-0.25, -0.2) is 9.37 Å². The van der Waals surface area contributed by atoms with Crippen molar-refractivity contribution in [1.82, 2.24) is 14.5 Å². The number of aryl methyl sites for hydroxylation is 1. The predicted molar refractivity (Wildman–Crippen MR) is 115 cm³/mol. The highest BCUT2D eigenvalue weighted by molar-refractivity contribution is 6.31. The van der Waals surface area contributed by atoms with Gasteiger partial charge in [-0.15, -0.1) is 0 Å². The fraction of sp³-hybridized carbons (Fsp3) is 0.304. The van der Waals surface area contributed by atoms with Crippen molar-refractivity contribution < 1.29 is 13.9 Å². The number of nitrogens with zero attached hydrogens (tertiary/aromatic N) is 3. The molecule has 3 rings (SSSR count). The van der Waals surface area contributed by atoms with E-state index in [4.69, 9.17) is 16.3 Å². The summed E-state index contributed by atoms with van der Waals surface area (Å²) in [6.45, 7) is 1.45. The topological polar surface area (TPSA) is 47.4 Å². The Morgan fingerprint density at radius 3 is 2.73 bits per heavy atom. The zero-order valence-electron chi connectivity index (χ0n) is 16.9. The number of ether oxygens (including phenoxy) is 1. The second kappa shape index (κ2) is 10.9. The molecule has 0 fully saturated rings. The van der Waals surface area contributed by atoms with Crippen molar-refractivity contribution in [3.63, 3.8) is 0 Å². The molecule has 30 heavy (non-hydrogen) atoms. The van der Waals surface area contributed by atoms with Crippen LogP contribution < -0.4 is 0 Å². The Morgan fingerprint density at radius 2 is 2.00 bits per heavy atom. The van der Waals surface area contributed by atoms with Crippen molar-refractivity contribution in [2.24, 2.45) is 0 Å². The van der Waals surface area contributed by atoms with E-state index in [1.54, 1.807) is 36.5 Å². The van der Waals surface area contributed by atoms with Gasteiger partial charge >= 0.3 is 0 Å². The van der Waals surface area contributed by atoms with Gasteiger partial charge in [0.2, 0.25) is 5.91 Å². The summed E-state index contributed by atoms with van der Waals surface area (Å²) in [6.07, 6.45) is 4.48. The molecular weight excluding hydrogens is 405 g/mol. The molecule has 5 nitrogen and oxygen atoms in total. The van der Waals surface area contributed by atoms with Crippen LogP contribution in [0.25, 0.3) is 0 Å². The van der Waals surface area contributed by atoms with Gasteiger partial charge in [-0.3, -0.25) is 4.79 Å². The van der Waals surface area contributed by atoms with Gasteiger partial charge < -0.3 is 14.2 Å². The number of carbonyl (C=O) groups excluding carboxylic acids is 1. The maximum atomic E-state index is 14.2. The number of imidazole rings is 1. The number of carbonyl (C=O) groups is 1. The minimum atomic E-state index is -0.364. The fourth-order valence-electron chi connectivity index (χ4n) is 3.21. The molecule has 1 amide bonds. The lowest BCUT2D eigenvalue weighted by Crippen LogP contribution is -2.34. The monoisotopic (exact) mass is 429 g/mol. The minimum absolute atomic E-state index is 0.0226. The summed E-state index contributed by atoms with van der Waals surface area (Å²) in [5.41, 5.74) is 1.52. The predicted octanol–water partition coefficient (Wildman–Crippen LogP) is 4.33. The Morgan fingerprint density at radius 1 is 1.20 bits per heavy atom. The van der Waals surface area contributed by atoms with Crippen LogP contribution in [0.3, 0.4) is 0 Å². The van der Waals surface area contributed by atoms with E-state index in [1.807, 2.05) is 34.9 Å². The third-order valence-corrected chi connectivity index (χ3v) is 5.27. The first-order chi connectivity index (χ1) is 14.6. The van der Waals surface area contributed by atoms with E-state index >= 15 is 0 Å². The summed E-state index contributed by atoms with van der Waals surface area (Å²) < 4.78 is 21.2. The molecule has 0 aliphatic carbocycles. The number of hydrogen-bond acceptors (Lipinski definition) is 3. The van der Waals surface area contributed by atoms with Crippen LogP contribution in [-0.4, -0.2) is 40.6 Å². The van der Waals surface area contributed by atoms with Gasteiger partial charge in [0.05, 0.1) is 19.7 Å². The lowest BCUT2D eigenvalue weighted by molar-refractivity contribution is -0.132. The molecular formula is C23H25ClFN3O2.